The molecule has 0 saturated heterocycles. The highest BCUT2D eigenvalue weighted by Crippen LogP contribution is 2.42. The third kappa shape index (κ3) is 6.40. The number of fused-ring (bicyclic) bond motifs is 1. The Hall–Kier alpha value is -2.76. The van der Waals surface area contributed by atoms with E-state index in [0.717, 1.165) is 18.2 Å². The molecule has 2 heterocycles. The van der Waals surface area contributed by atoms with Crippen molar-refractivity contribution >= 4 is 42.4 Å². The van der Waals surface area contributed by atoms with Crippen LogP contribution in [0.1, 0.15) is 5.56 Å². The van der Waals surface area contributed by atoms with E-state index in [2.05, 4.69) is 29.9 Å². The fourth-order valence-corrected chi connectivity index (χ4v) is 4.09. The van der Waals surface area contributed by atoms with E-state index in [0.29, 0.717) is 17.6 Å². The highest BCUT2D eigenvalue weighted by Gasteiger charge is 2.35. The van der Waals surface area contributed by atoms with E-state index in [1.807, 2.05) is 0 Å². The van der Waals surface area contributed by atoms with Gasteiger partial charge in [-0.15, -0.1) is 0 Å². The Bertz CT molecular complexity index is 1160. The molecule has 3 rings (SSSR count). The van der Waals surface area contributed by atoms with Crippen molar-refractivity contribution in [3.05, 3.63) is 47.2 Å². The number of ether oxygens (including phenoxy) is 2. The minimum Gasteiger partial charge on any atom is -0.456 e. The van der Waals surface area contributed by atoms with Gasteiger partial charge >= 0.3 is 12.2 Å². The van der Waals surface area contributed by atoms with E-state index in [1.54, 1.807) is 10.8 Å². The van der Waals surface area contributed by atoms with E-state index in [4.69, 9.17) is 26.8 Å². The first-order valence-corrected chi connectivity index (χ1v) is 14.1. The molecule has 0 aliphatic heterocycles. The molecule has 3 N–H and O–H groups in total. The van der Waals surface area contributed by atoms with Crippen molar-refractivity contribution in [2.45, 2.75) is 38.6 Å². The average Bonchev–Trinajstić information content (AvgIpc) is 3.01. The van der Waals surface area contributed by atoms with E-state index in [1.165, 1.54) is 18.3 Å². The molecular formula is C21H24ClF3N4O3Si. The van der Waals surface area contributed by atoms with Gasteiger partial charge in [-0.25, -0.2) is 9.78 Å². The number of anilines is 1. The fraction of sp³-hybridized carbons (Fsp3) is 0.333. The molecular weight excluding hydrogens is 477 g/mol. The van der Waals surface area contributed by atoms with Gasteiger partial charge in [-0.1, -0.05) is 31.2 Å². The minimum atomic E-state index is -4.74. The summed E-state index contributed by atoms with van der Waals surface area (Å²) in [6, 6.07) is 4.55. The summed E-state index contributed by atoms with van der Waals surface area (Å²) in [5.74, 6) is -0.354. The Balaban J connectivity index is 1.91. The largest absolute Gasteiger partial charge is 0.456 e. The zero-order valence-corrected chi connectivity index (χ0v) is 20.0. The number of urea groups is 1. The van der Waals surface area contributed by atoms with Gasteiger partial charge in [0.05, 0.1) is 10.4 Å². The number of carbonyl (C=O) groups excluding carboxylic acids is 1. The topological polar surface area (TPSA) is 91.4 Å². The predicted molar refractivity (Wildman–Crippen MR) is 124 cm³/mol. The Labute approximate surface area is 194 Å². The molecule has 178 valence electrons. The molecule has 0 aliphatic carbocycles. The van der Waals surface area contributed by atoms with Gasteiger partial charge in [-0.3, -0.25) is 0 Å². The Morgan fingerprint density at radius 1 is 1.24 bits per heavy atom. The molecule has 2 amide bonds. The molecule has 0 spiro atoms. The van der Waals surface area contributed by atoms with Gasteiger partial charge in [-0.2, -0.15) is 13.2 Å². The summed E-state index contributed by atoms with van der Waals surface area (Å²) in [6.07, 6.45) is -1.72. The highest BCUT2D eigenvalue weighted by molar-refractivity contribution is 6.76. The number of aromatic nitrogens is 2. The molecule has 0 unspecified atom stereocenters. The summed E-state index contributed by atoms with van der Waals surface area (Å²) in [4.78, 5) is 15.3. The lowest BCUT2D eigenvalue weighted by Crippen LogP contribution is -2.22. The Morgan fingerprint density at radius 3 is 2.61 bits per heavy atom. The normalized spacial score (nSPS) is 12.2. The lowest BCUT2D eigenvalue weighted by molar-refractivity contribution is -0.138. The number of benzene rings is 1. The molecule has 1 aromatic carbocycles. The molecule has 2 aromatic heterocycles. The lowest BCUT2D eigenvalue weighted by atomic mass is 10.1. The molecule has 33 heavy (non-hydrogen) atoms. The first-order chi connectivity index (χ1) is 15.3. The lowest BCUT2D eigenvalue weighted by Gasteiger charge is -2.16. The maximum atomic E-state index is 13.6. The molecule has 3 aromatic rings. The van der Waals surface area contributed by atoms with Gasteiger partial charge in [-0.05, 0) is 30.3 Å². The van der Waals surface area contributed by atoms with Gasteiger partial charge < -0.3 is 25.1 Å². The second-order valence-electron chi connectivity index (χ2n) is 8.60. The molecule has 0 aliphatic rings. The van der Waals surface area contributed by atoms with Crippen molar-refractivity contribution in [2.75, 3.05) is 11.9 Å². The van der Waals surface area contributed by atoms with Crippen LogP contribution in [0, 0.1) is 0 Å². The van der Waals surface area contributed by atoms with Crippen molar-refractivity contribution in [1.29, 1.82) is 0 Å². The van der Waals surface area contributed by atoms with Crippen molar-refractivity contribution < 1.29 is 27.4 Å². The van der Waals surface area contributed by atoms with Crippen molar-refractivity contribution in [3.63, 3.8) is 0 Å². The summed E-state index contributed by atoms with van der Waals surface area (Å²) in [7, 11) is -1.25. The number of halogens is 4. The van der Waals surface area contributed by atoms with E-state index in [-0.39, 0.29) is 23.2 Å². The van der Waals surface area contributed by atoms with Crippen LogP contribution in [0.2, 0.25) is 30.7 Å². The number of nitrogens with zero attached hydrogens (tertiary/aromatic N) is 2. The van der Waals surface area contributed by atoms with Gasteiger partial charge in [0.25, 0.3) is 0 Å². The first-order valence-electron chi connectivity index (χ1n) is 10.0. The molecule has 0 fully saturated rings. The van der Waals surface area contributed by atoms with Crippen LogP contribution < -0.4 is 15.8 Å². The van der Waals surface area contributed by atoms with Crippen LogP contribution in [0.4, 0.5) is 23.7 Å². The summed E-state index contributed by atoms with van der Waals surface area (Å²) in [6.45, 7) is 7.52. The zero-order valence-electron chi connectivity index (χ0n) is 18.3. The van der Waals surface area contributed by atoms with E-state index < -0.39 is 31.6 Å². The van der Waals surface area contributed by atoms with Gasteiger partial charge in [0.2, 0.25) is 0 Å². The number of rotatable bonds is 8. The fourth-order valence-electron chi connectivity index (χ4n) is 3.04. The van der Waals surface area contributed by atoms with E-state index >= 15 is 0 Å². The number of hydrogen-bond acceptors (Lipinski definition) is 4. The van der Waals surface area contributed by atoms with Crippen molar-refractivity contribution in [3.8, 4) is 11.5 Å². The zero-order chi connectivity index (χ0) is 24.4. The SMILES string of the molecule is C[Si](C)(C)CCOCn1cc(Cl)c2c(Oc3ccc(NC(N)=O)cc3C(F)(F)F)ccnc21. The summed E-state index contributed by atoms with van der Waals surface area (Å²) in [5, 5.41) is 2.75. The number of primary amides is 1. The minimum absolute atomic E-state index is 0.104. The maximum Gasteiger partial charge on any atom is 0.420 e. The van der Waals surface area contributed by atoms with Gasteiger partial charge in [0, 0.05) is 32.8 Å². The molecule has 0 radical (unpaired) electrons. The average molecular weight is 501 g/mol. The van der Waals surface area contributed by atoms with Gasteiger partial charge in [0.15, 0.2) is 0 Å². The molecule has 12 heteroatoms. The van der Waals surface area contributed by atoms with Crippen LogP contribution in [0.5, 0.6) is 11.5 Å². The van der Waals surface area contributed by atoms with Gasteiger partial charge in [0.1, 0.15) is 29.4 Å². The van der Waals surface area contributed by atoms with Crippen LogP contribution in [0.15, 0.2) is 36.7 Å². The predicted octanol–water partition coefficient (Wildman–Crippen LogP) is 6.30. The maximum absolute atomic E-state index is 13.6. The van der Waals surface area contributed by atoms with Crippen LogP contribution in [0.3, 0.4) is 0 Å². The number of pyridine rings is 1. The summed E-state index contributed by atoms with van der Waals surface area (Å²) < 4.78 is 54.0. The summed E-state index contributed by atoms with van der Waals surface area (Å²) >= 11 is 6.37. The van der Waals surface area contributed by atoms with E-state index in [9.17, 15) is 18.0 Å². The summed E-state index contributed by atoms with van der Waals surface area (Å²) in [5.41, 5.74) is 4.23. The quantitative estimate of drug-likeness (QED) is 0.280. The third-order valence-electron chi connectivity index (χ3n) is 4.67. The number of nitrogens with two attached hydrogens (primary N) is 1. The molecule has 0 atom stereocenters. The molecule has 7 nitrogen and oxygen atoms in total. The van der Waals surface area contributed by atoms with Crippen LogP contribution in [-0.4, -0.2) is 30.3 Å². The van der Waals surface area contributed by atoms with Crippen molar-refractivity contribution in [1.82, 2.24) is 9.55 Å². The highest BCUT2D eigenvalue weighted by atomic mass is 35.5. The molecule has 0 saturated carbocycles. The monoisotopic (exact) mass is 500 g/mol. The number of amides is 2. The number of nitrogens with one attached hydrogen (secondary N) is 1. The third-order valence-corrected chi connectivity index (χ3v) is 6.66. The van der Waals surface area contributed by atoms with Crippen molar-refractivity contribution in [2.24, 2.45) is 5.73 Å². The Kier molecular flexibility index (Phi) is 7.25. The Morgan fingerprint density at radius 2 is 1.97 bits per heavy atom. The first kappa shape index (κ1) is 24.9. The van der Waals surface area contributed by atoms with Crippen LogP contribution >= 0.6 is 11.6 Å². The second-order valence-corrected chi connectivity index (χ2v) is 14.6. The van der Waals surface area contributed by atoms with Crippen LogP contribution in [-0.2, 0) is 17.6 Å². The second kappa shape index (κ2) is 9.62. The number of hydrogen-bond donors (Lipinski definition) is 2. The number of carbonyl (C=O) groups is 1. The van der Waals surface area contributed by atoms with Crippen LogP contribution in [0.25, 0.3) is 11.0 Å². The standard InChI is InChI=1S/C21H24ClF3N4O3Si/c1-33(2,3)9-8-31-12-29-11-15(22)18-17(6-7-27-19(18)29)32-16-5-4-13(28-20(26)30)10-14(16)21(23,24)25/h4-7,10-11H,8-9,12H2,1-3H3,(H3,26,28,30). The smallest absolute Gasteiger partial charge is 0.420 e. The number of alkyl halides is 3. The molecule has 0 bridgehead atoms.